The maximum atomic E-state index is 13.0. The second kappa shape index (κ2) is 9.28. The molecule has 31 heavy (non-hydrogen) atoms. The molecule has 4 rings (SSSR count). The molecule has 2 aromatic rings. The number of rotatable bonds is 5. The van der Waals surface area contributed by atoms with E-state index in [1.807, 2.05) is 36.1 Å². The van der Waals surface area contributed by atoms with Crippen LogP contribution in [0.4, 0.5) is 0 Å². The molecular weight excluding hydrogens is 392 g/mol. The smallest absolute Gasteiger partial charge is 0.227 e. The van der Waals surface area contributed by atoms with E-state index in [2.05, 4.69) is 40.3 Å². The van der Waals surface area contributed by atoms with Gasteiger partial charge in [0.05, 0.1) is 24.3 Å². The van der Waals surface area contributed by atoms with E-state index in [0.29, 0.717) is 26.1 Å². The number of tetrazole rings is 1. The molecule has 8 nitrogen and oxygen atoms in total. The first-order valence-corrected chi connectivity index (χ1v) is 11.1. The highest BCUT2D eigenvalue weighted by Crippen LogP contribution is 2.30. The van der Waals surface area contributed by atoms with Crippen molar-refractivity contribution < 1.29 is 9.53 Å². The van der Waals surface area contributed by atoms with Crippen molar-refractivity contribution in [2.75, 3.05) is 39.3 Å². The van der Waals surface area contributed by atoms with Crippen molar-refractivity contribution in [1.29, 1.82) is 0 Å². The summed E-state index contributed by atoms with van der Waals surface area (Å²) in [6, 6.07) is 7.86. The first kappa shape index (κ1) is 21.6. The van der Waals surface area contributed by atoms with Crippen molar-refractivity contribution in [1.82, 2.24) is 30.0 Å². The monoisotopic (exact) mass is 424 g/mol. The average Bonchev–Trinajstić information content (AvgIpc) is 3.20. The molecule has 0 saturated carbocycles. The summed E-state index contributed by atoms with van der Waals surface area (Å²) < 4.78 is 7.90. The van der Waals surface area contributed by atoms with Crippen molar-refractivity contribution in [3.05, 3.63) is 47.3 Å². The number of morpholine rings is 1. The fraction of sp³-hybridized carbons (Fsp3) is 0.565. The molecule has 0 bridgehead atoms. The lowest BCUT2D eigenvalue weighted by Gasteiger charge is -2.47. The van der Waals surface area contributed by atoms with Gasteiger partial charge in [-0.25, -0.2) is 0 Å². The third kappa shape index (κ3) is 5.19. The number of allylic oxidation sites excluding steroid dienone is 1. The molecule has 2 aliphatic rings. The van der Waals surface area contributed by atoms with Crippen LogP contribution >= 0.6 is 0 Å². The Morgan fingerprint density at radius 1 is 1.16 bits per heavy atom. The summed E-state index contributed by atoms with van der Waals surface area (Å²) in [5, 5.41) is 11.6. The van der Waals surface area contributed by atoms with Gasteiger partial charge in [-0.15, -0.1) is 5.10 Å². The SMILES string of the molecule is CC(C)=CCN1CCC2(CC1)CN(C(=O)Cc1ccc(-n3nnnc3C)cc1)CCO2. The van der Waals surface area contributed by atoms with Gasteiger partial charge in [0, 0.05) is 32.7 Å². The van der Waals surface area contributed by atoms with Crippen molar-refractivity contribution in [3.63, 3.8) is 0 Å². The van der Waals surface area contributed by atoms with Gasteiger partial charge < -0.3 is 9.64 Å². The summed E-state index contributed by atoms with van der Waals surface area (Å²) in [6.07, 6.45) is 4.64. The molecule has 3 heterocycles. The Bertz CT molecular complexity index is 924. The zero-order valence-corrected chi connectivity index (χ0v) is 18.8. The molecule has 2 fully saturated rings. The minimum absolute atomic E-state index is 0.168. The molecule has 0 aliphatic carbocycles. The zero-order valence-electron chi connectivity index (χ0n) is 18.8. The molecule has 0 atom stereocenters. The molecule has 2 aliphatic heterocycles. The number of hydrogen-bond donors (Lipinski definition) is 0. The van der Waals surface area contributed by atoms with Crippen molar-refractivity contribution in [2.24, 2.45) is 0 Å². The van der Waals surface area contributed by atoms with Crippen LogP contribution < -0.4 is 0 Å². The van der Waals surface area contributed by atoms with Crippen LogP contribution in [0.1, 0.15) is 38.1 Å². The lowest BCUT2D eigenvalue weighted by molar-refractivity contribution is -0.158. The fourth-order valence-corrected chi connectivity index (χ4v) is 4.33. The van der Waals surface area contributed by atoms with Gasteiger partial charge in [0.25, 0.3) is 0 Å². The van der Waals surface area contributed by atoms with Crippen LogP contribution in [-0.2, 0) is 16.0 Å². The molecule has 0 radical (unpaired) electrons. The van der Waals surface area contributed by atoms with Crippen molar-refractivity contribution >= 4 is 5.91 Å². The van der Waals surface area contributed by atoms with E-state index in [-0.39, 0.29) is 11.5 Å². The second-order valence-corrected chi connectivity index (χ2v) is 8.91. The Kier molecular flexibility index (Phi) is 6.48. The van der Waals surface area contributed by atoms with Crippen LogP contribution in [0, 0.1) is 6.92 Å². The lowest BCUT2D eigenvalue weighted by Crippen LogP contribution is -2.58. The van der Waals surface area contributed by atoms with Crippen LogP contribution in [0.2, 0.25) is 0 Å². The molecule has 0 unspecified atom stereocenters. The zero-order chi connectivity index (χ0) is 21.8. The predicted molar refractivity (Wildman–Crippen MR) is 118 cm³/mol. The van der Waals surface area contributed by atoms with Crippen LogP contribution in [-0.4, -0.2) is 80.8 Å². The predicted octanol–water partition coefficient (Wildman–Crippen LogP) is 2.17. The first-order valence-electron chi connectivity index (χ1n) is 11.1. The molecule has 1 spiro atoms. The number of piperidine rings is 1. The summed E-state index contributed by atoms with van der Waals surface area (Å²) in [4.78, 5) is 17.5. The summed E-state index contributed by atoms with van der Waals surface area (Å²) in [5.74, 6) is 0.898. The van der Waals surface area contributed by atoms with Crippen LogP contribution in [0.15, 0.2) is 35.9 Å². The number of hydrogen-bond acceptors (Lipinski definition) is 6. The maximum absolute atomic E-state index is 13.0. The molecule has 0 N–H and O–H groups in total. The Hall–Kier alpha value is -2.58. The molecule has 1 aromatic carbocycles. The summed E-state index contributed by atoms with van der Waals surface area (Å²) in [6.45, 7) is 11.2. The molecule has 1 aromatic heterocycles. The fourth-order valence-electron chi connectivity index (χ4n) is 4.33. The van der Waals surface area contributed by atoms with Crippen LogP contribution in [0.25, 0.3) is 5.69 Å². The minimum Gasteiger partial charge on any atom is -0.371 e. The molecule has 8 heteroatoms. The number of aromatic nitrogens is 4. The third-order valence-corrected chi connectivity index (χ3v) is 6.29. The Balaban J connectivity index is 1.33. The van der Waals surface area contributed by atoms with Crippen molar-refractivity contribution in [2.45, 2.75) is 45.6 Å². The summed E-state index contributed by atoms with van der Waals surface area (Å²) in [7, 11) is 0. The van der Waals surface area contributed by atoms with Gasteiger partial charge >= 0.3 is 0 Å². The van der Waals surface area contributed by atoms with E-state index in [9.17, 15) is 4.79 Å². The van der Waals surface area contributed by atoms with Crippen LogP contribution in [0.3, 0.4) is 0 Å². The number of benzene rings is 1. The van der Waals surface area contributed by atoms with Gasteiger partial charge in [0.15, 0.2) is 5.82 Å². The van der Waals surface area contributed by atoms with E-state index in [4.69, 9.17) is 4.74 Å². The number of aryl methyl sites for hydroxylation is 1. The molecule has 166 valence electrons. The standard InChI is InChI=1S/C23H32N6O2/c1-18(2)8-11-27-12-9-23(10-13-27)17-28(14-15-31-23)22(30)16-20-4-6-21(7-5-20)29-19(3)24-25-26-29/h4-8H,9-17H2,1-3H3. The van der Waals surface area contributed by atoms with E-state index in [1.165, 1.54) is 5.57 Å². The topological polar surface area (TPSA) is 76.4 Å². The maximum Gasteiger partial charge on any atom is 0.227 e. The molecule has 2 saturated heterocycles. The van der Waals surface area contributed by atoms with Gasteiger partial charge in [-0.2, -0.15) is 4.68 Å². The third-order valence-electron chi connectivity index (χ3n) is 6.29. The average molecular weight is 425 g/mol. The van der Waals surface area contributed by atoms with Gasteiger partial charge in [-0.3, -0.25) is 9.69 Å². The molecular formula is C23H32N6O2. The summed E-state index contributed by atoms with van der Waals surface area (Å²) >= 11 is 0. The van der Waals surface area contributed by atoms with Gasteiger partial charge in [-0.1, -0.05) is 23.8 Å². The van der Waals surface area contributed by atoms with Gasteiger partial charge in [0.1, 0.15) is 0 Å². The van der Waals surface area contributed by atoms with E-state index < -0.39 is 0 Å². The van der Waals surface area contributed by atoms with E-state index in [0.717, 1.165) is 49.6 Å². The second-order valence-electron chi connectivity index (χ2n) is 8.91. The minimum atomic E-state index is -0.184. The quantitative estimate of drug-likeness (QED) is 0.685. The number of ether oxygens (including phenoxy) is 1. The van der Waals surface area contributed by atoms with Gasteiger partial charge in [0.2, 0.25) is 5.91 Å². The van der Waals surface area contributed by atoms with E-state index >= 15 is 0 Å². The number of carbonyl (C=O) groups is 1. The van der Waals surface area contributed by atoms with Crippen LogP contribution in [0.5, 0.6) is 0 Å². The summed E-state index contributed by atoms with van der Waals surface area (Å²) in [5.41, 5.74) is 3.06. The Morgan fingerprint density at radius 2 is 1.90 bits per heavy atom. The normalized spacial score (nSPS) is 18.9. The highest BCUT2D eigenvalue weighted by molar-refractivity contribution is 5.79. The number of nitrogens with zero attached hydrogens (tertiary/aromatic N) is 6. The number of amides is 1. The van der Waals surface area contributed by atoms with Crippen molar-refractivity contribution in [3.8, 4) is 5.69 Å². The highest BCUT2D eigenvalue weighted by Gasteiger charge is 2.40. The highest BCUT2D eigenvalue weighted by atomic mass is 16.5. The largest absolute Gasteiger partial charge is 0.371 e. The lowest BCUT2D eigenvalue weighted by atomic mass is 9.89. The number of likely N-dealkylation sites (tertiary alicyclic amines) is 1. The first-order chi connectivity index (χ1) is 14.9. The van der Waals surface area contributed by atoms with Gasteiger partial charge in [-0.05, 0) is 61.7 Å². The van der Waals surface area contributed by atoms with E-state index in [1.54, 1.807) is 4.68 Å². The number of carbonyl (C=O) groups excluding carboxylic acids is 1. The Morgan fingerprint density at radius 3 is 2.55 bits per heavy atom. The molecule has 1 amide bonds. The Labute approximate surface area is 183 Å².